The van der Waals surface area contributed by atoms with Crippen LogP contribution >= 0.6 is 0 Å². The molecule has 0 radical (unpaired) electrons. The highest BCUT2D eigenvalue weighted by Crippen LogP contribution is 2.14. The van der Waals surface area contributed by atoms with Crippen molar-refractivity contribution in [2.24, 2.45) is 12.9 Å². The zero-order valence-electron chi connectivity index (χ0n) is 9.07. The van der Waals surface area contributed by atoms with Gasteiger partial charge in [-0.25, -0.2) is 8.78 Å². The van der Waals surface area contributed by atoms with Crippen molar-refractivity contribution in [3.63, 3.8) is 0 Å². The smallest absolute Gasteiger partial charge is 0.261 e. The Hall–Kier alpha value is -1.05. The second-order valence-corrected chi connectivity index (χ2v) is 3.42. The maximum atomic E-state index is 11.8. The van der Waals surface area contributed by atoms with Crippen LogP contribution in [0.1, 0.15) is 18.0 Å². The first-order valence-electron chi connectivity index (χ1n) is 4.94. The van der Waals surface area contributed by atoms with Gasteiger partial charge in [-0.3, -0.25) is 16.0 Å². The van der Waals surface area contributed by atoms with Crippen molar-refractivity contribution >= 4 is 0 Å². The molecule has 1 atom stereocenters. The third-order valence-corrected chi connectivity index (χ3v) is 2.12. The fourth-order valence-corrected chi connectivity index (χ4v) is 1.34. The van der Waals surface area contributed by atoms with E-state index in [2.05, 4.69) is 10.5 Å². The summed E-state index contributed by atoms with van der Waals surface area (Å²) in [7, 11) is 1.80. The number of hydrogen-bond donors (Lipinski definition) is 2. The molecular weight excluding hydrogens is 218 g/mol. The number of alkyl halides is 2. The number of aryl methyl sites for hydroxylation is 1. The maximum absolute atomic E-state index is 11.8. The highest BCUT2D eigenvalue weighted by Gasteiger charge is 2.11. The van der Waals surface area contributed by atoms with Crippen LogP contribution in [-0.2, 0) is 11.8 Å². The molecule has 0 saturated heterocycles. The molecule has 92 valence electrons. The SMILES string of the molecule is Cn1cc(C(CCOCC(F)F)NN)cn1. The molecule has 16 heavy (non-hydrogen) atoms. The Kier molecular flexibility index (Phi) is 5.30. The summed E-state index contributed by atoms with van der Waals surface area (Å²) in [5.74, 6) is 5.37. The Morgan fingerprint density at radius 3 is 2.88 bits per heavy atom. The van der Waals surface area contributed by atoms with Gasteiger partial charge in [0.2, 0.25) is 0 Å². The van der Waals surface area contributed by atoms with E-state index < -0.39 is 13.0 Å². The summed E-state index contributed by atoms with van der Waals surface area (Å²) in [6, 6.07) is -0.133. The molecule has 1 unspecified atom stereocenters. The van der Waals surface area contributed by atoms with E-state index >= 15 is 0 Å². The van der Waals surface area contributed by atoms with Gasteiger partial charge in [-0.2, -0.15) is 5.10 Å². The Morgan fingerprint density at radius 1 is 1.62 bits per heavy atom. The van der Waals surface area contributed by atoms with Gasteiger partial charge >= 0.3 is 0 Å². The summed E-state index contributed by atoms with van der Waals surface area (Å²) < 4.78 is 30.0. The van der Waals surface area contributed by atoms with Crippen LogP contribution in [0, 0.1) is 0 Å². The van der Waals surface area contributed by atoms with E-state index in [1.54, 1.807) is 17.9 Å². The number of halogens is 2. The molecule has 1 rings (SSSR count). The normalized spacial score (nSPS) is 13.3. The van der Waals surface area contributed by atoms with Crippen molar-refractivity contribution in [2.75, 3.05) is 13.2 Å². The third kappa shape index (κ3) is 4.21. The summed E-state index contributed by atoms with van der Waals surface area (Å²) in [6.07, 6.45) is 1.59. The zero-order chi connectivity index (χ0) is 12.0. The first-order chi connectivity index (χ1) is 7.63. The topological polar surface area (TPSA) is 65.1 Å². The third-order valence-electron chi connectivity index (χ3n) is 2.12. The molecule has 0 spiro atoms. The number of aromatic nitrogens is 2. The van der Waals surface area contributed by atoms with E-state index in [4.69, 9.17) is 10.6 Å². The van der Waals surface area contributed by atoms with Crippen LogP contribution in [-0.4, -0.2) is 29.4 Å². The van der Waals surface area contributed by atoms with Crippen LogP contribution in [0.3, 0.4) is 0 Å². The van der Waals surface area contributed by atoms with E-state index in [0.717, 1.165) is 5.56 Å². The van der Waals surface area contributed by atoms with Gasteiger partial charge in [-0.1, -0.05) is 0 Å². The minimum atomic E-state index is -2.43. The molecule has 1 aromatic heterocycles. The second kappa shape index (κ2) is 6.51. The van der Waals surface area contributed by atoms with Crippen molar-refractivity contribution in [2.45, 2.75) is 18.9 Å². The highest BCUT2D eigenvalue weighted by molar-refractivity contribution is 5.09. The molecule has 7 heteroatoms. The molecule has 0 aliphatic heterocycles. The molecular formula is C9H16F2N4O. The predicted molar refractivity (Wildman–Crippen MR) is 54.7 cm³/mol. The maximum Gasteiger partial charge on any atom is 0.261 e. The number of nitrogens with two attached hydrogens (primary N) is 1. The Labute approximate surface area is 92.5 Å². The lowest BCUT2D eigenvalue weighted by Gasteiger charge is -2.13. The molecule has 0 bridgehead atoms. The fourth-order valence-electron chi connectivity index (χ4n) is 1.34. The molecule has 0 fully saturated rings. The van der Waals surface area contributed by atoms with Gasteiger partial charge in [-0.15, -0.1) is 0 Å². The number of nitrogens with zero attached hydrogens (tertiary/aromatic N) is 2. The van der Waals surface area contributed by atoms with Crippen LogP contribution in [0.4, 0.5) is 8.78 Å². The molecule has 0 amide bonds. The number of rotatable bonds is 7. The average molecular weight is 234 g/mol. The van der Waals surface area contributed by atoms with Gasteiger partial charge in [0, 0.05) is 25.4 Å². The van der Waals surface area contributed by atoms with Crippen molar-refractivity contribution in [1.82, 2.24) is 15.2 Å². The van der Waals surface area contributed by atoms with Crippen LogP contribution < -0.4 is 11.3 Å². The molecule has 0 aliphatic carbocycles. The molecule has 1 heterocycles. The molecule has 0 aromatic carbocycles. The van der Waals surface area contributed by atoms with Crippen LogP contribution in [0.25, 0.3) is 0 Å². The molecule has 5 nitrogen and oxygen atoms in total. The standard InChI is InChI=1S/C9H16F2N4O/c1-15-5-7(4-13-15)8(14-12)2-3-16-6-9(10)11/h4-5,8-9,14H,2-3,6,12H2,1H3. The Morgan fingerprint density at radius 2 is 2.38 bits per heavy atom. The van der Waals surface area contributed by atoms with E-state index in [9.17, 15) is 8.78 Å². The summed E-state index contributed by atoms with van der Waals surface area (Å²) in [5.41, 5.74) is 3.51. The summed E-state index contributed by atoms with van der Waals surface area (Å²) in [4.78, 5) is 0. The second-order valence-electron chi connectivity index (χ2n) is 3.42. The Bertz CT molecular complexity index is 305. The molecule has 0 saturated carbocycles. The average Bonchev–Trinajstić information content (AvgIpc) is 2.64. The Balaban J connectivity index is 2.32. The minimum Gasteiger partial charge on any atom is -0.375 e. The summed E-state index contributed by atoms with van der Waals surface area (Å²) in [6.45, 7) is -0.307. The molecule has 3 N–H and O–H groups in total. The van der Waals surface area contributed by atoms with E-state index in [1.807, 2.05) is 6.20 Å². The highest BCUT2D eigenvalue weighted by atomic mass is 19.3. The fraction of sp³-hybridized carbons (Fsp3) is 0.667. The van der Waals surface area contributed by atoms with Crippen LogP contribution in [0.5, 0.6) is 0 Å². The van der Waals surface area contributed by atoms with Gasteiger partial charge < -0.3 is 4.74 Å². The van der Waals surface area contributed by atoms with Gasteiger partial charge in [0.25, 0.3) is 6.43 Å². The lowest BCUT2D eigenvalue weighted by molar-refractivity contribution is 0.0143. The van der Waals surface area contributed by atoms with Crippen LogP contribution in [0.15, 0.2) is 12.4 Å². The number of ether oxygens (including phenoxy) is 1. The summed E-state index contributed by atoms with van der Waals surface area (Å²) >= 11 is 0. The molecule has 0 aliphatic rings. The van der Waals surface area contributed by atoms with Crippen molar-refractivity contribution in [1.29, 1.82) is 0 Å². The minimum absolute atomic E-state index is 0.133. The monoisotopic (exact) mass is 234 g/mol. The number of hydrazine groups is 1. The van der Waals surface area contributed by atoms with Gasteiger partial charge in [0.05, 0.1) is 12.2 Å². The number of nitrogens with one attached hydrogen (secondary N) is 1. The van der Waals surface area contributed by atoms with Gasteiger partial charge in [-0.05, 0) is 6.42 Å². The van der Waals surface area contributed by atoms with Crippen molar-refractivity contribution < 1.29 is 13.5 Å². The predicted octanol–water partition coefficient (Wildman–Crippen LogP) is 0.596. The zero-order valence-corrected chi connectivity index (χ0v) is 9.07. The van der Waals surface area contributed by atoms with E-state index in [0.29, 0.717) is 6.42 Å². The van der Waals surface area contributed by atoms with E-state index in [-0.39, 0.29) is 12.6 Å². The van der Waals surface area contributed by atoms with Crippen molar-refractivity contribution in [3.8, 4) is 0 Å². The largest absolute Gasteiger partial charge is 0.375 e. The summed E-state index contributed by atoms with van der Waals surface area (Å²) in [5, 5.41) is 4.00. The van der Waals surface area contributed by atoms with Crippen LogP contribution in [0.2, 0.25) is 0 Å². The van der Waals surface area contributed by atoms with Gasteiger partial charge in [0.1, 0.15) is 6.61 Å². The van der Waals surface area contributed by atoms with Gasteiger partial charge in [0.15, 0.2) is 0 Å². The molecule has 1 aromatic rings. The lowest BCUT2D eigenvalue weighted by Crippen LogP contribution is -2.29. The van der Waals surface area contributed by atoms with Crippen molar-refractivity contribution in [3.05, 3.63) is 18.0 Å². The first kappa shape index (κ1) is 13.0. The lowest BCUT2D eigenvalue weighted by atomic mass is 10.1. The quantitative estimate of drug-likeness (QED) is 0.412. The first-order valence-corrected chi connectivity index (χ1v) is 4.94. The number of hydrogen-bond acceptors (Lipinski definition) is 4. The van der Waals surface area contributed by atoms with E-state index in [1.165, 1.54) is 0 Å².